The van der Waals surface area contributed by atoms with Crippen LogP contribution in [0.4, 0.5) is 5.82 Å². The number of carbonyl (C=O) groups excluding carboxylic acids is 1. The third kappa shape index (κ3) is 5.66. The van der Waals surface area contributed by atoms with E-state index in [1.807, 2.05) is 55.6 Å². The predicted octanol–water partition coefficient (Wildman–Crippen LogP) is 2.61. The van der Waals surface area contributed by atoms with Gasteiger partial charge in [-0.05, 0) is 37.5 Å². The minimum atomic E-state index is -1.16. The molecule has 1 aromatic carbocycles. The second kappa shape index (κ2) is 8.45. The van der Waals surface area contributed by atoms with E-state index in [2.05, 4.69) is 15.6 Å². The normalized spacial score (nSPS) is 13.1. The van der Waals surface area contributed by atoms with Crippen LogP contribution in [0.3, 0.4) is 0 Å². The summed E-state index contributed by atoms with van der Waals surface area (Å²) in [4.78, 5) is 16.3. The van der Waals surface area contributed by atoms with Crippen LogP contribution in [0.15, 0.2) is 48.7 Å². The number of nitrogens with zero attached hydrogens (tertiary/aromatic N) is 1. The van der Waals surface area contributed by atoms with Gasteiger partial charge in [-0.25, -0.2) is 4.98 Å². The summed E-state index contributed by atoms with van der Waals surface area (Å²) in [6, 6.07) is 13.2. The van der Waals surface area contributed by atoms with Crippen molar-refractivity contribution in [2.75, 3.05) is 18.4 Å². The van der Waals surface area contributed by atoms with Gasteiger partial charge in [-0.3, -0.25) is 4.79 Å². The fourth-order valence-electron chi connectivity index (χ4n) is 2.38. The van der Waals surface area contributed by atoms with Crippen LogP contribution in [-0.2, 0) is 10.4 Å². The first kappa shape index (κ1) is 17.9. The Labute approximate surface area is 143 Å². The molecule has 0 saturated carbocycles. The summed E-state index contributed by atoms with van der Waals surface area (Å²) >= 11 is 0. The minimum absolute atomic E-state index is 0.0456. The molecule has 0 aliphatic rings. The van der Waals surface area contributed by atoms with Gasteiger partial charge in [-0.1, -0.05) is 36.4 Å². The van der Waals surface area contributed by atoms with E-state index < -0.39 is 5.60 Å². The molecule has 0 aliphatic heterocycles. The molecule has 128 valence electrons. The molecular formula is C19H25N3O2. The number of nitrogens with one attached hydrogen (secondary N) is 2. The van der Waals surface area contributed by atoms with E-state index in [1.54, 1.807) is 6.92 Å². The Morgan fingerprint density at radius 3 is 2.58 bits per heavy atom. The first-order valence-corrected chi connectivity index (χ1v) is 8.18. The summed E-state index contributed by atoms with van der Waals surface area (Å²) in [5, 5.41) is 16.5. The van der Waals surface area contributed by atoms with E-state index in [4.69, 9.17) is 0 Å². The molecule has 0 spiro atoms. The van der Waals surface area contributed by atoms with Crippen LogP contribution in [0.2, 0.25) is 0 Å². The first-order valence-electron chi connectivity index (χ1n) is 8.18. The molecule has 0 radical (unpaired) electrons. The van der Waals surface area contributed by atoms with Crippen molar-refractivity contribution < 1.29 is 9.90 Å². The number of pyridine rings is 1. The zero-order chi connectivity index (χ0) is 17.4. The number of hydrogen-bond acceptors (Lipinski definition) is 4. The average molecular weight is 327 g/mol. The van der Waals surface area contributed by atoms with Gasteiger partial charge in [-0.15, -0.1) is 0 Å². The molecule has 1 atom stereocenters. The first-order chi connectivity index (χ1) is 11.5. The smallest absolute Gasteiger partial charge is 0.223 e. The standard InChI is InChI=1S/C19H25N3O2/c1-15-9-10-17(22-14-15)20-11-6-12-21-18(23)13-19(2,24)16-7-4-3-5-8-16/h3-5,7-10,14,24H,6,11-13H2,1-2H3,(H,20,22)(H,21,23). The minimum Gasteiger partial charge on any atom is -0.385 e. The number of hydrogen-bond donors (Lipinski definition) is 3. The third-order valence-electron chi connectivity index (χ3n) is 3.79. The van der Waals surface area contributed by atoms with Crippen molar-refractivity contribution in [3.8, 4) is 0 Å². The topological polar surface area (TPSA) is 74.2 Å². The Morgan fingerprint density at radius 1 is 1.17 bits per heavy atom. The lowest BCUT2D eigenvalue weighted by molar-refractivity contribution is -0.125. The molecule has 0 saturated heterocycles. The molecule has 2 rings (SSSR count). The van der Waals surface area contributed by atoms with Gasteiger partial charge in [0, 0.05) is 19.3 Å². The van der Waals surface area contributed by atoms with Gasteiger partial charge in [0.25, 0.3) is 0 Å². The Kier molecular flexibility index (Phi) is 6.32. The highest BCUT2D eigenvalue weighted by Gasteiger charge is 2.26. The molecule has 1 amide bonds. The van der Waals surface area contributed by atoms with Crippen molar-refractivity contribution in [1.82, 2.24) is 10.3 Å². The summed E-state index contributed by atoms with van der Waals surface area (Å²) in [5.41, 5.74) is 0.709. The predicted molar refractivity (Wildman–Crippen MR) is 95.7 cm³/mol. The molecule has 24 heavy (non-hydrogen) atoms. The number of aryl methyl sites for hydroxylation is 1. The number of rotatable bonds is 8. The molecule has 1 aromatic heterocycles. The van der Waals surface area contributed by atoms with Crippen molar-refractivity contribution in [2.45, 2.75) is 32.3 Å². The fraction of sp³-hybridized carbons (Fsp3) is 0.368. The second-order valence-corrected chi connectivity index (χ2v) is 6.17. The van der Waals surface area contributed by atoms with Gasteiger partial charge in [0.15, 0.2) is 0 Å². The number of benzene rings is 1. The molecule has 0 fully saturated rings. The molecule has 1 heterocycles. The lowest BCUT2D eigenvalue weighted by Gasteiger charge is -2.23. The van der Waals surface area contributed by atoms with E-state index in [1.165, 1.54) is 0 Å². The summed E-state index contributed by atoms with van der Waals surface area (Å²) in [6.45, 7) is 4.94. The number of anilines is 1. The van der Waals surface area contributed by atoms with E-state index in [9.17, 15) is 9.90 Å². The Hall–Kier alpha value is -2.40. The number of aliphatic hydroxyl groups is 1. The third-order valence-corrected chi connectivity index (χ3v) is 3.79. The summed E-state index contributed by atoms with van der Waals surface area (Å²) in [6.07, 6.45) is 2.65. The van der Waals surface area contributed by atoms with Crippen LogP contribution < -0.4 is 10.6 Å². The van der Waals surface area contributed by atoms with Crippen LogP contribution in [0.25, 0.3) is 0 Å². The summed E-state index contributed by atoms with van der Waals surface area (Å²) in [5.74, 6) is 0.677. The van der Waals surface area contributed by atoms with Crippen molar-refractivity contribution >= 4 is 11.7 Å². The lowest BCUT2D eigenvalue weighted by atomic mass is 9.92. The highest BCUT2D eigenvalue weighted by atomic mass is 16.3. The van der Waals surface area contributed by atoms with Crippen molar-refractivity contribution in [1.29, 1.82) is 0 Å². The summed E-state index contributed by atoms with van der Waals surface area (Å²) < 4.78 is 0. The summed E-state index contributed by atoms with van der Waals surface area (Å²) in [7, 11) is 0. The molecule has 0 bridgehead atoms. The van der Waals surface area contributed by atoms with E-state index in [0.717, 1.165) is 29.9 Å². The quantitative estimate of drug-likeness (QED) is 0.652. The molecule has 3 N–H and O–H groups in total. The van der Waals surface area contributed by atoms with Gasteiger partial charge >= 0.3 is 0 Å². The van der Waals surface area contributed by atoms with Gasteiger partial charge in [0.05, 0.1) is 12.0 Å². The van der Waals surface area contributed by atoms with Crippen LogP contribution in [-0.4, -0.2) is 29.1 Å². The van der Waals surface area contributed by atoms with E-state index in [-0.39, 0.29) is 12.3 Å². The molecule has 5 nitrogen and oxygen atoms in total. The van der Waals surface area contributed by atoms with E-state index >= 15 is 0 Å². The highest BCUT2D eigenvalue weighted by molar-refractivity contribution is 5.77. The Bertz CT molecular complexity index is 639. The van der Waals surface area contributed by atoms with Gasteiger partial charge in [0.1, 0.15) is 5.82 Å². The number of amides is 1. The van der Waals surface area contributed by atoms with Crippen LogP contribution >= 0.6 is 0 Å². The Morgan fingerprint density at radius 2 is 1.92 bits per heavy atom. The van der Waals surface area contributed by atoms with Gasteiger partial charge in [0.2, 0.25) is 5.91 Å². The molecule has 5 heteroatoms. The fourth-order valence-corrected chi connectivity index (χ4v) is 2.38. The zero-order valence-corrected chi connectivity index (χ0v) is 14.2. The van der Waals surface area contributed by atoms with Crippen molar-refractivity contribution in [2.24, 2.45) is 0 Å². The molecule has 0 aliphatic carbocycles. The average Bonchev–Trinajstić information content (AvgIpc) is 2.56. The Balaban J connectivity index is 1.67. The van der Waals surface area contributed by atoms with Crippen molar-refractivity contribution in [3.63, 3.8) is 0 Å². The monoisotopic (exact) mass is 327 g/mol. The number of carbonyl (C=O) groups is 1. The van der Waals surface area contributed by atoms with Crippen molar-refractivity contribution in [3.05, 3.63) is 59.8 Å². The molecule has 2 aromatic rings. The van der Waals surface area contributed by atoms with Gasteiger partial charge in [-0.2, -0.15) is 0 Å². The highest BCUT2D eigenvalue weighted by Crippen LogP contribution is 2.23. The molecular weight excluding hydrogens is 302 g/mol. The van der Waals surface area contributed by atoms with Crippen LogP contribution in [0.5, 0.6) is 0 Å². The molecule has 1 unspecified atom stereocenters. The number of aromatic nitrogens is 1. The SMILES string of the molecule is Cc1ccc(NCCCNC(=O)CC(C)(O)c2ccccc2)nc1. The maximum absolute atomic E-state index is 12.0. The maximum atomic E-state index is 12.0. The van der Waals surface area contributed by atoms with Crippen LogP contribution in [0.1, 0.15) is 30.9 Å². The van der Waals surface area contributed by atoms with E-state index in [0.29, 0.717) is 6.54 Å². The zero-order valence-electron chi connectivity index (χ0n) is 14.2. The largest absolute Gasteiger partial charge is 0.385 e. The lowest BCUT2D eigenvalue weighted by Crippen LogP contribution is -2.33. The maximum Gasteiger partial charge on any atom is 0.223 e. The van der Waals surface area contributed by atoms with Crippen LogP contribution in [0, 0.1) is 6.92 Å². The van der Waals surface area contributed by atoms with Gasteiger partial charge < -0.3 is 15.7 Å². The second-order valence-electron chi connectivity index (χ2n) is 6.17.